The van der Waals surface area contributed by atoms with Crippen molar-refractivity contribution in [2.24, 2.45) is 0 Å². The molecule has 1 aliphatic rings. The largest absolute Gasteiger partial charge is 0.379 e. The van der Waals surface area contributed by atoms with E-state index < -0.39 is 15.9 Å². The van der Waals surface area contributed by atoms with Gasteiger partial charge < -0.3 is 10.1 Å². The number of nitrogens with zero attached hydrogens (tertiary/aromatic N) is 1. The first kappa shape index (κ1) is 20.8. The van der Waals surface area contributed by atoms with Gasteiger partial charge in [-0.2, -0.15) is 4.31 Å². The number of ketones is 1. The number of morpholine rings is 1. The number of allylic oxidation sites excluding steroid dienone is 2. The number of Topliss-reactive ketones (excluding diaryl/α,β-unsaturated/α-hetero) is 1. The van der Waals surface area contributed by atoms with Gasteiger partial charge in [0.25, 0.3) is 5.91 Å². The Morgan fingerprint density at radius 1 is 1.26 bits per heavy atom. The summed E-state index contributed by atoms with van der Waals surface area (Å²) in [6, 6.07) is 6.16. The van der Waals surface area contributed by atoms with Crippen LogP contribution >= 0.6 is 0 Å². The molecular formula is C19H24N2O5S. The van der Waals surface area contributed by atoms with Gasteiger partial charge >= 0.3 is 0 Å². The zero-order chi connectivity index (χ0) is 20.0. The van der Waals surface area contributed by atoms with Crippen molar-refractivity contribution in [2.45, 2.75) is 11.8 Å². The van der Waals surface area contributed by atoms with Crippen molar-refractivity contribution in [1.29, 1.82) is 0 Å². The number of sulfonamides is 1. The highest BCUT2D eigenvalue weighted by atomic mass is 32.2. The molecule has 0 radical (unpaired) electrons. The SMILES string of the molecule is C=C/C(=C\C(=C)C(C)=O)C(=O)Nc1ccccc1S(=O)(=O)N1CCOCC1.[HH]. The quantitative estimate of drug-likeness (QED) is 0.567. The van der Waals surface area contributed by atoms with E-state index in [-0.39, 0.29) is 42.0 Å². The van der Waals surface area contributed by atoms with E-state index in [1.54, 1.807) is 12.1 Å². The summed E-state index contributed by atoms with van der Waals surface area (Å²) in [7, 11) is -3.79. The molecule has 7 nitrogen and oxygen atoms in total. The summed E-state index contributed by atoms with van der Waals surface area (Å²) in [6.07, 6.45) is 2.59. The maximum Gasteiger partial charge on any atom is 0.255 e. The molecule has 146 valence electrons. The van der Waals surface area contributed by atoms with Gasteiger partial charge in [-0.3, -0.25) is 9.59 Å². The van der Waals surface area contributed by atoms with Crippen LogP contribution in [0.4, 0.5) is 5.69 Å². The standard InChI is InChI=1S/C19H22N2O5S.H2/c1-4-16(13-14(2)15(3)22)19(23)20-17-7-5-6-8-18(17)27(24,25)21-9-11-26-12-10-21;/h4-8,13H,1-2,9-12H2,3H3,(H,20,23);1H/b16-13+;. The molecule has 1 aliphatic heterocycles. The van der Waals surface area contributed by atoms with Crippen LogP contribution in [-0.2, 0) is 24.3 Å². The molecule has 0 aliphatic carbocycles. The minimum absolute atomic E-state index is 0. The third-order valence-corrected chi connectivity index (χ3v) is 5.94. The lowest BCUT2D eigenvalue weighted by atomic mass is 10.1. The zero-order valence-electron chi connectivity index (χ0n) is 15.1. The Labute approximate surface area is 160 Å². The highest BCUT2D eigenvalue weighted by Gasteiger charge is 2.29. The monoisotopic (exact) mass is 392 g/mol. The molecule has 27 heavy (non-hydrogen) atoms. The molecule has 0 saturated carbocycles. The van der Waals surface area contributed by atoms with E-state index in [9.17, 15) is 18.0 Å². The predicted octanol–water partition coefficient (Wildman–Crippen LogP) is 2.15. The lowest BCUT2D eigenvalue weighted by Crippen LogP contribution is -2.40. The van der Waals surface area contributed by atoms with Crippen molar-refractivity contribution in [1.82, 2.24) is 4.31 Å². The van der Waals surface area contributed by atoms with Gasteiger partial charge in [0.05, 0.1) is 18.9 Å². The van der Waals surface area contributed by atoms with Gasteiger partial charge in [0.2, 0.25) is 10.0 Å². The topological polar surface area (TPSA) is 92.8 Å². The minimum Gasteiger partial charge on any atom is -0.379 e. The minimum atomic E-state index is -3.79. The van der Waals surface area contributed by atoms with Gasteiger partial charge in [-0.05, 0) is 25.1 Å². The molecule has 1 amide bonds. The van der Waals surface area contributed by atoms with E-state index in [4.69, 9.17) is 4.74 Å². The van der Waals surface area contributed by atoms with Crippen LogP contribution in [0, 0.1) is 0 Å². The lowest BCUT2D eigenvalue weighted by Gasteiger charge is -2.27. The van der Waals surface area contributed by atoms with Crippen LogP contribution in [-0.4, -0.2) is 50.7 Å². The molecule has 0 atom stereocenters. The molecule has 0 unspecified atom stereocenters. The molecule has 0 bridgehead atoms. The number of carbonyl (C=O) groups is 2. The van der Waals surface area contributed by atoms with Gasteiger partial charge in [0.1, 0.15) is 4.90 Å². The van der Waals surface area contributed by atoms with E-state index >= 15 is 0 Å². The molecule has 1 fully saturated rings. The first-order valence-electron chi connectivity index (χ1n) is 8.29. The van der Waals surface area contributed by atoms with Gasteiger partial charge in [-0.15, -0.1) is 0 Å². The van der Waals surface area contributed by atoms with Crippen molar-refractivity contribution in [2.75, 3.05) is 31.6 Å². The molecule has 8 heteroatoms. The van der Waals surface area contributed by atoms with Crippen molar-refractivity contribution in [3.8, 4) is 0 Å². The Morgan fingerprint density at radius 3 is 2.48 bits per heavy atom. The van der Waals surface area contributed by atoms with Gasteiger partial charge in [0, 0.05) is 25.7 Å². The molecular weight excluding hydrogens is 368 g/mol. The number of hydrogen-bond donors (Lipinski definition) is 1. The molecule has 1 heterocycles. The van der Waals surface area contributed by atoms with E-state index in [2.05, 4.69) is 18.5 Å². The third-order valence-electron chi connectivity index (χ3n) is 3.99. The van der Waals surface area contributed by atoms with Crippen LogP contribution in [0.15, 0.2) is 65.6 Å². The summed E-state index contributed by atoms with van der Waals surface area (Å²) in [4.78, 5) is 23.9. The van der Waals surface area contributed by atoms with Gasteiger partial charge in [-0.1, -0.05) is 31.4 Å². The van der Waals surface area contributed by atoms with E-state index in [0.29, 0.717) is 13.2 Å². The third kappa shape index (κ3) is 5.00. The number of ether oxygens (including phenoxy) is 1. The normalized spacial score (nSPS) is 15.8. The van der Waals surface area contributed by atoms with Crippen LogP contribution in [0.25, 0.3) is 0 Å². The first-order chi connectivity index (χ1) is 12.8. The Bertz CT molecular complexity index is 903. The van der Waals surface area contributed by atoms with E-state index in [1.807, 2.05) is 0 Å². The predicted molar refractivity (Wildman–Crippen MR) is 105 cm³/mol. The summed E-state index contributed by atoms with van der Waals surface area (Å²) in [5.74, 6) is -0.866. The number of nitrogens with one attached hydrogen (secondary N) is 1. The zero-order valence-corrected chi connectivity index (χ0v) is 15.9. The van der Waals surface area contributed by atoms with Gasteiger partial charge in [-0.25, -0.2) is 8.42 Å². The average Bonchev–Trinajstić information content (AvgIpc) is 2.66. The molecule has 1 N–H and O–H groups in total. The molecule has 1 aromatic rings. The number of hydrogen-bond acceptors (Lipinski definition) is 5. The second kappa shape index (κ2) is 8.90. The molecule has 2 rings (SSSR count). The fourth-order valence-electron chi connectivity index (χ4n) is 2.42. The Morgan fingerprint density at radius 2 is 1.89 bits per heavy atom. The number of anilines is 1. The van der Waals surface area contributed by atoms with Crippen LogP contribution in [0.5, 0.6) is 0 Å². The van der Waals surface area contributed by atoms with E-state index in [1.165, 1.54) is 35.5 Å². The Hall–Kier alpha value is -2.55. The number of carbonyl (C=O) groups excluding carboxylic acids is 2. The van der Waals surface area contributed by atoms with Crippen LogP contribution in [0.1, 0.15) is 8.35 Å². The number of para-hydroxylation sites is 1. The van der Waals surface area contributed by atoms with Crippen molar-refractivity contribution >= 4 is 27.4 Å². The fourth-order valence-corrected chi connectivity index (χ4v) is 3.98. The molecule has 1 aromatic carbocycles. The fraction of sp³-hybridized carbons (Fsp3) is 0.263. The molecule has 0 aromatic heterocycles. The van der Waals surface area contributed by atoms with Crippen molar-refractivity contribution in [3.63, 3.8) is 0 Å². The highest BCUT2D eigenvalue weighted by molar-refractivity contribution is 7.89. The summed E-state index contributed by atoms with van der Waals surface area (Å²) >= 11 is 0. The Kier molecular flexibility index (Phi) is 6.84. The van der Waals surface area contributed by atoms with Crippen LogP contribution in [0.3, 0.4) is 0 Å². The second-order valence-electron chi connectivity index (χ2n) is 5.85. The van der Waals surface area contributed by atoms with Crippen LogP contribution < -0.4 is 5.32 Å². The maximum atomic E-state index is 12.9. The average molecular weight is 392 g/mol. The van der Waals surface area contributed by atoms with Crippen LogP contribution in [0.2, 0.25) is 0 Å². The summed E-state index contributed by atoms with van der Waals surface area (Å²) in [5, 5.41) is 2.58. The van der Waals surface area contributed by atoms with Gasteiger partial charge in [0.15, 0.2) is 5.78 Å². The number of rotatable bonds is 7. The first-order valence-corrected chi connectivity index (χ1v) is 9.73. The van der Waals surface area contributed by atoms with E-state index in [0.717, 1.165) is 0 Å². The molecule has 0 spiro atoms. The number of amides is 1. The lowest BCUT2D eigenvalue weighted by molar-refractivity contribution is -0.113. The maximum absolute atomic E-state index is 12.9. The summed E-state index contributed by atoms with van der Waals surface area (Å²) < 4.78 is 32.4. The molecule has 1 saturated heterocycles. The summed E-state index contributed by atoms with van der Waals surface area (Å²) in [6.45, 7) is 9.62. The highest BCUT2D eigenvalue weighted by Crippen LogP contribution is 2.25. The second-order valence-corrected chi connectivity index (χ2v) is 7.76. The van der Waals surface area contributed by atoms with Crippen molar-refractivity contribution in [3.05, 3.63) is 60.7 Å². The Balaban J connectivity index is 0.00000392. The number of benzene rings is 1. The summed E-state index contributed by atoms with van der Waals surface area (Å²) in [5.41, 5.74) is 0.401. The van der Waals surface area contributed by atoms with Crippen molar-refractivity contribution < 1.29 is 24.2 Å². The smallest absolute Gasteiger partial charge is 0.255 e.